The lowest BCUT2D eigenvalue weighted by Gasteiger charge is -2.33. The number of halogens is 6. The second-order valence-electron chi connectivity index (χ2n) is 9.80. The van der Waals surface area contributed by atoms with Crippen LogP contribution in [-0.2, 0) is 17.6 Å². The molecule has 0 radical (unpaired) electrons. The van der Waals surface area contributed by atoms with Gasteiger partial charge in [-0.25, -0.2) is 13.4 Å². The van der Waals surface area contributed by atoms with E-state index < -0.39 is 72.8 Å². The van der Waals surface area contributed by atoms with E-state index in [1.54, 1.807) is 13.8 Å². The molecule has 0 spiro atoms. The van der Waals surface area contributed by atoms with Crippen molar-refractivity contribution < 1.29 is 45.1 Å². The monoisotopic (exact) mass is 591 g/mol. The van der Waals surface area contributed by atoms with Gasteiger partial charge in [-0.05, 0) is 36.8 Å². The molecule has 2 N–H and O–H groups in total. The van der Waals surface area contributed by atoms with Crippen molar-refractivity contribution in [1.82, 2.24) is 30.6 Å². The third-order valence-electron chi connectivity index (χ3n) is 6.94. The number of aryl methyl sites for hydroxylation is 1. The second-order valence-corrected chi connectivity index (χ2v) is 9.80. The van der Waals surface area contributed by atoms with Crippen LogP contribution in [0.15, 0.2) is 21.6 Å². The topological polar surface area (TPSA) is 141 Å². The van der Waals surface area contributed by atoms with Crippen molar-refractivity contribution in [3.05, 3.63) is 41.1 Å². The molecule has 2 amide bonds. The van der Waals surface area contributed by atoms with Gasteiger partial charge in [-0.2, -0.15) is 17.6 Å². The lowest BCUT2D eigenvalue weighted by atomic mass is 9.81. The van der Waals surface area contributed by atoms with E-state index in [1.807, 2.05) is 0 Å². The number of rotatable bonds is 10. The minimum Gasteiger partial charge on any atom is -0.364 e. The first-order chi connectivity index (χ1) is 19.3. The minimum atomic E-state index is -4.55. The molecule has 4 rings (SSSR count). The van der Waals surface area contributed by atoms with Gasteiger partial charge in [0.2, 0.25) is 11.8 Å². The predicted octanol–water partition coefficient (Wildman–Crippen LogP) is 4.62. The summed E-state index contributed by atoms with van der Waals surface area (Å²) in [5.41, 5.74) is -0.763. The first-order valence-electron chi connectivity index (χ1n) is 12.9. The van der Waals surface area contributed by atoms with Gasteiger partial charge in [-0.3, -0.25) is 14.3 Å². The highest BCUT2D eigenvalue weighted by atomic mass is 19.4. The van der Waals surface area contributed by atoms with E-state index in [-0.39, 0.29) is 48.3 Å². The number of nitrogens with zero attached hydrogens (tertiary/aromatic N) is 5. The van der Waals surface area contributed by atoms with E-state index >= 15 is 0 Å². The van der Waals surface area contributed by atoms with Crippen LogP contribution in [0.1, 0.15) is 79.4 Å². The van der Waals surface area contributed by atoms with E-state index in [0.29, 0.717) is 0 Å². The summed E-state index contributed by atoms with van der Waals surface area (Å²) in [7, 11) is 0. The van der Waals surface area contributed by atoms with Crippen molar-refractivity contribution in [3.8, 4) is 0 Å². The largest absolute Gasteiger partial charge is 0.393 e. The lowest BCUT2D eigenvalue weighted by Crippen LogP contribution is -2.50. The highest BCUT2D eigenvalue weighted by Gasteiger charge is 2.41. The van der Waals surface area contributed by atoms with Gasteiger partial charge in [-0.15, -0.1) is 5.10 Å². The minimum absolute atomic E-state index is 0.100. The zero-order valence-corrected chi connectivity index (χ0v) is 22.0. The molecule has 224 valence electrons. The number of alkyl halides is 5. The number of hydrogen-bond donors (Lipinski definition) is 2. The predicted molar refractivity (Wildman–Crippen MR) is 127 cm³/mol. The van der Waals surface area contributed by atoms with Gasteiger partial charge < -0.3 is 15.2 Å². The smallest absolute Gasteiger partial charge is 0.364 e. The Hall–Kier alpha value is -3.92. The summed E-state index contributed by atoms with van der Waals surface area (Å²) in [4.78, 5) is 26.2. The second kappa shape index (κ2) is 11.9. The normalized spacial score (nSPS) is 17.3. The van der Waals surface area contributed by atoms with Crippen LogP contribution in [0.25, 0.3) is 0 Å². The third-order valence-corrected chi connectivity index (χ3v) is 6.94. The van der Waals surface area contributed by atoms with Crippen molar-refractivity contribution >= 4 is 17.5 Å². The highest BCUT2D eigenvalue weighted by Crippen LogP contribution is 2.38. The van der Waals surface area contributed by atoms with Crippen molar-refractivity contribution in [1.29, 1.82) is 0 Å². The van der Waals surface area contributed by atoms with Crippen LogP contribution in [-0.4, -0.2) is 55.2 Å². The lowest BCUT2D eigenvalue weighted by molar-refractivity contribution is -0.127. The average Bonchev–Trinajstić information content (AvgIpc) is 3.63. The standard InChI is InChI=1S/C24H27F6N7O4/c1-3-14-19(36-41-34-14)22(39)32-18(12-5-7-23(26,27)8-6-12)21(38)31-15-10-37(33-20(15)25)16(4-2)17-13(11-40-35-17)9-24(28,29)30/h10-12,16,18H,3-9H2,1-2H3,(H,31,38)(H,32,39)/t16?,18-/m0/s1. The van der Waals surface area contributed by atoms with Crippen molar-refractivity contribution in [2.75, 3.05) is 5.32 Å². The molecular formula is C24H27F6N7O4. The van der Waals surface area contributed by atoms with Gasteiger partial charge >= 0.3 is 6.18 Å². The van der Waals surface area contributed by atoms with Crippen molar-refractivity contribution in [2.45, 2.75) is 83.0 Å². The Morgan fingerprint density at radius 1 is 1.17 bits per heavy atom. The van der Waals surface area contributed by atoms with Crippen LogP contribution in [0.4, 0.5) is 32.0 Å². The fourth-order valence-electron chi connectivity index (χ4n) is 4.83. The summed E-state index contributed by atoms with van der Waals surface area (Å²) in [6.07, 6.45) is -4.73. The molecule has 1 aliphatic rings. The summed E-state index contributed by atoms with van der Waals surface area (Å²) in [6.45, 7) is 3.31. The number of anilines is 1. The number of aromatic nitrogens is 5. The molecule has 0 aliphatic heterocycles. The van der Waals surface area contributed by atoms with Gasteiger partial charge in [0, 0.05) is 18.4 Å². The molecule has 0 saturated heterocycles. The number of carbonyl (C=O) groups is 2. The first-order valence-corrected chi connectivity index (χ1v) is 12.9. The molecular weight excluding hydrogens is 564 g/mol. The van der Waals surface area contributed by atoms with Gasteiger partial charge in [0.25, 0.3) is 11.9 Å². The summed E-state index contributed by atoms with van der Waals surface area (Å²) in [5.74, 6) is -6.53. The van der Waals surface area contributed by atoms with Crippen LogP contribution in [0.2, 0.25) is 0 Å². The Morgan fingerprint density at radius 2 is 1.88 bits per heavy atom. The third kappa shape index (κ3) is 7.05. The molecule has 41 heavy (non-hydrogen) atoms. The summed E-state index contributed by atoms with van der Waals surface area (Å²) in [5, 5.41) is 19.3. The number of carbonyl (C=O) groups excluding carboxylic acids is 2. The van der Waals surface area contributed by atoms with Gasteiger partial charge in [0.15, 0.2) is 5.69 Å². The molecule has 3 aromatic rings. The Morgan fingerprint density at radius 3 is 2.51 bits per heavy atom. The fraction of sp³-hybridized carbons (Fsp3) is 0.583. The van der Waals surface area contributed by atoms with E-state index in [4.69, 9.17) is 4.52 Å². The van der Waals surface area contributed by atoms with E-state index in [0.717, 1.165) is 17.1 Å². The van der Waals surface area contributed by atoms with Crippen LogP contribution in [0, 0.1) is 11.9 Å². The van der Waals surface area contributed by atoms with Crippen molar-refractivity contribution in [3.63, 3.8) is 0 Å². The molecule has 17 heteroatoms. The summed E-state index contributed by atoms with van der Waals surface area (Å²) in [6, 6.07) is -2.33. The maximum Gasteiger partial charge on any atom is 0.393 e. The molecule has 1 fully saturated rings. The SMILES string of the molecule is CCc1nonc1C(=O)N[C@H](C(=O)Nc1cn(C(CC)c2nocc2CC(F)(F)F)nc1F)C1CCC(F)(F)CC1. The maximum atomic E-state index is 14.9. The molecule has 1 saturated carbocycles. The Labute approximate surface area is 229 Å². The molecule has 1 aliphatic carbocycles. The summed E-state index contributed by atoms with van der Waals surface area (Å²) >= 11 is 0. The van der Waals surface area contributed by atoms with E-state index in [1.165, 1.54) is 0 Å². The maximum absolute atomic E-state index is 14.9. The van der Waals surface area contributed by atoms with Crippen molar-refractivity contribution in [2.24, 2.45) is 5.92 Å². The van der Waals surface area contributed by atoms with Crippen LogP contribution in [0.5, 0.6) is 0 Å². The van der Waals surface area contributed by atoms with Crippen LogP contribution in [0.3, 0.4) is 0 Å². The number of nitrogens with one attached hydrogen (secondary N) is 2. The Balaban J connectivity index is 1.56. The molecule has 1 unspecified atom stereocenters. The quantitative estimate of drug-likeness (QED) is 0.326. The zero-order valence-electron chi connectivity index (χ0n) is 22.0. The van der Waals surface area contributed by atoms with Crippen LogP contribution >= 0.6 is 0 Å². The molecule has 3 heterocycles. The van der Waals surface area contributed by atoms with Gasteiger partial charge in [0.1, 0.15) is 29.4 Å². The Kier molecular flexibility index (Phi) is 8.72. The number of hydrogen-bond acceptors (Lipinski definition) is 8. The van der Waals surface area contributed by atoms with Gasteiger partial charge in [0.05, 0.1) is 18.7 Å². The molecule has 2 atom stereocenters. The number of amides is 2. The first kappa shape index (κ1) is 30.0. The Bertz CT molecular complexity index is 1360. The molecule has 0 aromatic carbocycles. The zero-order chi connectivity index (χ0) is 29.9. The molecule has 3 aromatic heterocycles. The van der Waals surface area contributed by atoms with E-state index in [9.17, 15) is 35.9 Å². The average molecular weight is 592 g/mol. The molecule has 0 bridgehead atoms. The van der Waals surface area contributed by atoms with Crippen LogP contribution < -0.4 is 10.6 Å². The summed E-state index contributed by atoms with van der Waals surface area (Å²) < 4.78 is 91.8. The van der Waals surface area contributed by atoms with E-state index in [2.05, 4.69) is 35.8 Å². The highest BCUT2D eigenvalue weighted by molar-refractivity contribution is 6.00. The molecule has 11 nitrogen and oxygen atoms in total. The van der Waals surface area contributed by atoms with Gasteiger partial charge in [-0.1, -0.05) is 24.2 Å². The fourth-order valence-corrected chi connectivity index (χ4v) is 4.83.